The molecule has 3 N–H and O–H groups in total. The van der Waals surface area contributed by atoms with Crippen LogP contribution in [0.5, 0.6) is 11.5 Å². The molecule has 0 saturated heterocycles. The van der Waals surface area contributed by atoms with Crippen LogP contribution in [0.2, 0.25) is 0 Å². The van der Waals surface area contributed by atoms with Gasteiger partial charge < -0.3 is 30.0 Å². The number of anilines is 1. The van der Waals surface area contributed by atoms with Crippen LogP contribution in [0.25, 0.3) is 0 Å². The number of aromatic carboxylic acids is 1. The highest BCUT2D eigenvalue weighted by molar-refractivity contribution is 7.17. The van der Waals surface area contributed by atoms with E-state index < -0.39 is 23.4 Å². The van der Waals surface area contributed by atoms with E-state index in [1.807, 2.05) is 19.9 Å². The molecule has 0 bridgehead atoms. The van der Waals surface area contributed by atoms with Crippen molar-refractivity contribution in [2.24, 2.45) is 0 Å². The predicted octanol–water partition coefficient (Wildman–Crippen LogP) is 2.61. The van der Waals surface area contributed by atoms with Crippen molar-refractivity contribution in [2.45, 2.75) is 38.9 Å². The third-order valence-corrected chi connectivity index (χ3v) is 6.20. The number of carbonyl (C=O) groups is 3. The fourth-order valence-corrected chi connectivity index (χ4v) is 4.58. The molecular weight excluding hydrogens is 436 g/mol. The molecule has 0 saturated carbocycles. The Kier molecular flexibility index (Phi) is 7.05. The van der Waals surface area contributed by atoms with Crippen molar-refractivity contribution < 1.29 is 33.7 Å². The SMILES string of the molecule is COc1ccc(CCNC(=O)C(=O)Nc2sc3c(c2C(=O)O)CC(C)(C)OC3)cc1OC. The molecule has 172 valence electrons. The Morgan fingerprint density at radius 2 is 1.88 bits per heavy atom. The molecule has 10 heteroatoms. The number of rotatable bonds is 7. The third-order valence-electron chi connectivity index (χ3n) is 5.08. The normalized spacial score (nSPS) is 14.2. The lowest BCUT2D eigenvalue weighted by molar-refractivity contribution is -0.136. The summed E-state index contributed by atoms with van der Waals surface area (Å²) >= 11 is 1.12. The third kappa shape index (κ3) is 5.20. The van der Waals surface area contributed by atoms with Gasteiger partial charge in [0, 0.05) is 17.8 Å². The Morgan fingerprint density at radius 1 is 1.16 bits per heavy atom. The van der Waals surface area contributed by atoms with E-state index in [0.717, 1.165) is 21.8 Å². The Morgan fingerprint density at radius 3 is 2.53 bits per heavy atom. The van der Waals surface area contributed by atoms with Crippen molar-refractivity contribution in [1.82, 2.24) is 5.32 Å². The lowest BCUT2D eigenvalue weighted by Crippen LogP contribution is -2.36. The molecule has 9 nitrogen and oxygen atoms in total. The highest BCUT2D eigenvalue weighted by Gasteiger charge is 2.34. The van der Waals surface area contributed by atoms with Gasteiger partial charge in [0.2, 0.25) is 0 Å². The number of methoxy groups -OCH3 is 2. The van der Waals surface area contributed by atoms with Crippen LogP contribution in [-0.4, -0.2) is 49.3 Å². The van der Waals surface area contributed by atoms with Crippen LogP contribution in [0.4, 0.5) is 5.00 Å². The first-order chi connectivity index (χ1) is 15.1. The zero-order valence-electron chi connectivity index (χ0n) is 18.4. The van der Waals surface area contributed by atoms with E-state index in [-0.39, 0.29) is 23.7 Å². The van der Waals surface area contributed by atoms with Gasteiger partial charge in [0.25, 0.3) is 0 Å². The molecule has 0 unspecified atom stereocenters. The summed E-state index contributed by atoms with van der Waals surface area (Å²) in [6, 6.07) is 5.40. The number of carboxylic acid groups (broad SMARTS) is 1. The number of nitrogens with one attached hydrogen (secondary N) is 2. The second-order valence-corrected chi connectivity index (χ2v) is 8.99. The van der Waals surface area contributed by atoms with E-state index in [2.05, 4.69) is 10.6 Å². The van der Waals surface area contributed by atoms with Gasteiger partial charge in [0.1, 0.15) is 5.00 Å². The van der Waals surface area contributed by atoms with Gasteiger partial charge in [-0.05, 0) is 43.5 Å². The number of ether oxygens (including phenoxy) is 3. The van der Waals surface area contributed by atoms with Crippen LogP contribution in [-0.2, 0) is 33.8 Å². The summed E-state index contributed by atoms with van der Waals surface area (Å²) in [5.41, 5.74) is 1.06. The van der Waals surface area contributed by atoms with Crippen LogP contribution in [0.15, 0.2) is 18.2 Å². The number of thiophene rings is 1. The molecular formula is C22H26N2O7S. The number of hydrogen-bond acceptors (Lipinski definition) is 7. The van der Waals surface area contributed by atoms with Crippen LogP contribution in [0.1, 0.15) is 40.2 Å². The summed E-state index contributed by atoms with van der Waals surface area (Å²) < 4.78 is 16.2. The number of carbonyl (C=O) groups excluding carboxylic acids is 2. The van der Waals surface area contributed by atoms with Crippen LogP contribution in [0.3, 0.4) is 0 Å². The highest BCUT2D eigenvalue weighted by atomic mass is 32.1. The van der Waals surface area contributed by atoms with E-state index in [4.69, 9.17) is 14.2 Å². The molecule has 1 aliphatic heterocycles. The second kappa shape index (κ2) is 9.58. The van der Waals surface area contributed by atoms with Gasteiger partial charge in [-0.1, -0.05) is 6.07 Å². The van der Waals surface area contributed by atoms with Crippen molar-refractivity contribution in [2.75, 3.05) is 26.1 Å². The van der Waals surface area contributed by atoms with Gasteiger partial charge in [-0.25, -0.2) is 4.79 Å². The summed E-state index contributed by atoms with van der Waals surface area (Å²) in [5.74, 6) is -1.74. The average molecular weight is 463 g/mol. The number of hydrogen-bond donors (Lipinski definition) is 3. The lowest BCUT2D eigenvalue weighted by atomic mass is 9.93. The first kappa shape index (κ1) is 23.6. The summed E-state index contributed by atoms with van der Waals surface area (Å²) in [5, 5.41) is 14.8. The van der Waals surface area contributed by atoms with Gasteiger partial charge in [-0.2, -0.15) is 0 Å². The van der Waals surface area contributed by atoms with E-state index in [1.54, 1.807) is 19.2 Å². The van der Waals surface area contributed by atoms with Crippen LogP contribution in [0, 0.1) is 0 Å². The average Bonchev–Trinajstić information content (AvgIpc) is 3.09. The largest absolute Gasteiger partial charge is 0.493 e. The van der Waals surface area contributed by atoms with Crippen molar-refractivity contribution >= 4 is 34.1 Å². The molecule has 3 rings (SSSR count). The Hall–Kier alpha value is -3.11. The predicted molar refractivity (Wildman–Crippen MR) is 119 cm³/mol. The monoisotopic (exact) mass is 462 g/mol. The molecule has 0 fully saturated rings. The van der Waals surface area contributed by atoms with Crippen LogP contribution >= 0.6 is 11.3 Å². The molecule has 2 aromatic rings. The summed E-state index contributed by atoms with van der Waals surface area (Å²) in [4.78, 5) is 37.2. The molecule has 0 atom stereocenters. The zero-order valence-corrected chi connectivity index (χ0v) is 19.2. The van der Waals surface area contributed by atoms with E-state index in [1.165, 1.54) is 7.11 Å². The first-order valence-electron chi connectivity index (χ1n) is 9.97. The summed E-state index contributed by atoms with van der Waals surface area (Å²) in [6.45, 7) is 4.24. The van der Waals surface area contributed by atoms with E-state index >= 15 is 0 Å². The Labute approximate surface area is 189 Å². The van der Waals surface area contributed by atoms with Crippen molar-refractivity contribution in [3.05, 3.63) is 39.8 Å². The number of fused-ring (bicyclic) bond motifs is 1. The molecule has 1 aliphatic rings. The maximum atomic E-state index is 12.4. The second-order valence-electron chi connectivity index (χ2n) is 7.89. The number of amides is 2. The molecule has 0 aliphatic carbocycles. The Bertz CT molecular complexity index is 1050. The van der Waals surface area contributed by atoms with Crippen molar-refractivity contribution in [3.63, 3.8) is 0 Å². The fraction of sp³-hybridized carbons (Fsp3) is 0.409. The minimum absolute atomic E-state index is 0.0212. The smallest absolute Gasteiger partial charge is 0.339 e. The molecule has 2 heterocycles. The molecule has 32 heavy (non-hydrogen) atoms. The van der Waals surface area contributed by atoms with Gasteiger partial charge in [0.15, 0.2) is 11.5 Å². The number of carboxylic acids is 1. The number of benzene rings is 1. The van der Waals surface area contributed by atoms with E-state index in [0.29, 0.717) is 29.9 Å². The minimum atomic E-state index is -1.15. The van der Waals surface area contributed by atoms with Gasteiger partial charge in [-0.15, -0.1) is 11.3 Å². The maximum Gasteiger partial charge on any atom is 0.339 e. The first-order valence-corrected chi connectivity index (χ1v) is 10.8. The fourth-order valence-electron chi connectivity index (χ4n) is 3.46. The van der Waals surface area contributed by atoms with Gasteiger partial charge in [0.05, 0.1) is 32.0 Å². The Balaban J connectivity index is 1.62. The molecule has 1 aromatic heterocycles. The lowest BCUT2D eigenvalue weighted by Gasteiger charge is -2.30. The molecule has 0 spiro atoms. The summed E-state index contributed by atoms with van der Waals surface area (Å²) in [6.07, 6.45) is 0.882. The molecule has 1 aromatic carbocycles. The quantitative estimate of drug-likeness (QED) is 0.541. The van der Waals surface area contributed by atoms with Crippen molar-refractivity contribution in [1.29, 1.82) is 0 Å². The van der Waals surface area contributed by atoms with E-state index in [9.17, 15) is 19.5 Å². The highest BCUT2D eigenvalue weighted by Crippen LogP contribution is 2.40. The maximum absolute atomic E-state index is 12.4. The topological polar surface area (TPSA) is 123 Å². The minimum Gasteiger partial charge on any atom is -0.493 e. The molecule has 0 radical (unpaired) electrons. The zero-order chi connectivity index (χ0) is 23.5. The summed E-state index contributed by atoms with van der Waals surface area (Å²) in [7, 11) is 3.08. The van der Waals surface area contributed by atoms with Crippen molar-refractivity contribution in [3.8, 4) is 11.5 Å². The standard InChI is InChI=1S/C22H26N2O7S/c1-22(2)10-13-16(11-31-22)32-20(17(13)21(27)28)24-19(26)18(25)23-8-7-12-5-6-14(29-3)15(9-12)30-4/h5-6,9H,7-8,10-11H2,1-4H3,(H,23,25)(H,24,26)(H,27,28). The van der Waals surface area contributed by atoms with Gasteiger partial charge >= 0.3 is 17.8 Å². The molecule has 2 amide bonds. The van der Waals surface area contributed by atoms with Crippen LogP contribution < -0.4 is 20.1 Å². The van der Waals surface area contributed by atoms with Gasteiger partial charge in [-0.3, -0.25) is 9.59 Å².